The molecule has 0 aliphatic heterocycles. The molecule has 1 aliphatic rings. The number of aromatic nitrogens is 1. The maximum atomic E-state index is 12.3. The van der Waals surface area contributed by atoms with E-state index in [-0.39, 0.29) is 5.91 Å². The highest BCUT2D eigenvalue weighted by atomic mass is 32.1. The first kappa shape index (κ1) is 17.0. The Labute approximate surface area is 147 Å². The van der Waals surface area contributed by atoms with Gasteiger partial charge in [-0.3, -0.25) is 4.79 Å². The molecule has 0 saturated heterocycles. The number of nitrogens with one attached hydrogen (secondary N) is 2. The second-order valence-corrected chi connectivity index (χ2v) is 7.55. The summed E-state index contributed by atoms with van der Waals surface area (Å²) in [7, 11) is 0. The SMILES string of the molecule is Cc1ccc(Nc2nc(C(=O)NCC3CCCCC3)cs2)c(C)c1. The Morgan fingerprint density at radius 2 is 2.04 bits per heavy atom. The van der Waals surface area contributed by atoms with Crippen molar-refractivity contribution in [1.82, 2.24) is 10.3 Å². The third kappa shape index (κ3) is 4.35. The Hall–Kier alpha value is -1.88. The average Bonchev–Trinajstić information content (AvgIpc) is 3.05. The van der Waals surface area contributed by atoms with Gasteiger partial charge in [0.2, 0.25) is 0 Å². The van der Waals surface area contributed by atoms with Crippen molar-refractivity contribution in [2.24, 2.45) is 5.92 Å². The molecule has 5 heteroatoms. The predicted molar refractivity (Wildman–Crippen MR) is 100 cm³/mol. The molecule has 1 saturated carbocycles. The minimum Gasteiger partial charge on any atom is -0.350 e. The summed E-state index contributed by atoms with van der Waals surface area (Å²) >= 11 is 1.46. The van der Waals surface area contributed by atoms with Crippen LogP contribution < -0.4 is 10.6 Å². The maximum absolute atomic E-state index is 12.3. The highest BCUT2D eigenvalue weighted by Gasteiger charge is 2.16. The van der Waals surface area contributed by atoms with Crippen molar-refractivity contribution in [2.75, 3.05) is 11.9 Å². The fraction of sp³-hybridized carbons (Fsp3) is 0.474. The van der Waals surface area contributed by atoms with E-state index in [0.717, 1.165) is 17.4 Å². The molecule has 1 heterocycles. The van der Waals surface area contributed by atoms with Crippen LogP contribution >= 0.6 is 11.3 Å². The molecule has 1 aliphatic carbocycles. The van der Waals surface area contributed by atoms with Gasteiger partial charge in [0.15, 0.2) is 5.13 Å². The standard InChI is InChI=1S/C19H25N3OS/c1-13-8-9-16(14(2)10-13)21-19-22-17(12-24-19)18(23)20-11-15-6-4-3-5-7-15/h8-10,12,15H,3-7,11H2,1-2H3,(H,20,23)(H,21,22). The lowest BCUT2D eigenvalue weighted by Crippen LogP contribution is -2.30. The van der Waals surface area contributed by atoms with E-state index in [1.54, 1.807) is 0 Å². The second kappa shape index (κ2) is 7.79. The smallest absolute Gasteiger partial charge is 0.270 e. The molecule has 1 fully saturated rings. The number of rotatable bonds is 5. The van der Waals surface area contributed by atoms with Gasteiger partial charge in [0, 0.05) is 17.6 Å². The molecule has 0 unspecified atom stereocenters. The van der Waals surface area contributed by atoms with Gasteiger partial charge < -0.3 is 10.6 Å². The molecule has 0 spiro atoms. The number of nitrogens with zero attached hydrogens (tertiary/aromatic N) is 1. The van der Waals surface area contributed by atoms with Crippen LogP contribution in [-0.2, 0) is 0 Å². The summed E-state index contributed by atoms with van der Waals surface area (Å²) in [6.07, 6.45) is 6.39. The van der Waals surface area contributed by atoms with Gasteiger partial charge in [0.05, 0.1) is 0 Å². The number of carbonyl (C=O) groups is 1. The predicted octanol–water partition coefficient (Wildman–Crippen LogP) is 4.81. The van der Waals surface area contributed by atoms with Crippen LogP contribution in [0.3, 0.4) is 0 Å². The van der Waals surface area contributed by atoms with Gasteiger partial charge in [-0.15, -0.1) is 11.3 Å². The monoisotopic (exact) mass is 343 g/mol. The van der Waals surface area contributed by atoms with E-state index in [1.807, 2.05) is 5.38 Å². The minimum absolute atomic E-state index is 0.0644. The lowest BCUT2D eigenvalue weighted by atomic mass is 9.89. The van der Waals surface area contributed by atoms with E-state index in [0.29, 0.717) is 11.6 Å². The third-order valence-corrected chi connectivity index (χ3v) is 5.39. The molecule has 0 bridgehead atoms. The van der Waals surface area contributed by atoms with Crippen molar-refractivity contribution in [3.63, 3.8) is 0 Å². The van der Waals surface area contributed by atoms with Crippen LogP contribution in [0.15, 0.2) is 23.6 Å². The summed E-state index contributed by atoms with van der Waals surface area (Å²) in [6, 6.07) is 6.25. The summed E-state index contributed by atoms with van der Waals surface area (Å²) in [4.78, 5) is 16.7. The molecule has 3 rings (SSSR count). The average molecular weight is 343 g/mol. The van der Waals surface area contributed by atoms with Crippen molar-refractivity contribution >= 4 is 28.1 Å². The van der Waals surface area contributed by atoms with Gasteiger partial charge in [0.1, 0.15) is 5.69 Å². The summed E-state index contributed by atoms with van der Waals surface area (Å²) in [5.74, 6) is 0.569. The topological polar surface area (TPSA) is 54.0 Å². The number of aryl methyl sites for hydroxylation is 2. The van der Waals surface area contributed by atoms with Gasteiger partial charge in [-0.1, -0.05) is 37.0 Å². The number of hydrogen-bond acceptors (Lipinski definition) is 4. The first-order valence-corrected chi connectivity index (χ1v) is 9.58. The van der Waals surface area contributed by atoms with Crippen LogP contribution in [0.1, 0.15) is 53.7 Å². The number of hydrogen-bond donors (Lipinski definition) is 2. The zero-order valence-corrected chi connectivity index (χ0v) is 15.2. The van der Waals surface area contributed by atoms with Crippen molar-refractivity contribution in [2.45, 2.75) is 46.0 Å². The molecule has 0 atom stereocenters. The number of benzene rings is 1. The molecule has 4 nitrogen and oxygen atoms in total. The third-order valence-electron chi connectivity index (χ3n) is 4.64. The highest BCUT2D eigenvalue weighted by Crippen LogP contribution is 2.25. The Morgan fingerprint density at radius 3 is 2.79 bits per heavy atom. The first-order chi connectivity index (χ1) is 11.6. The van der Waals surface area contributed by atoms with Crippen LogP contribution in [0.25, 0.3) is 0 Å². The minimum atomic E-state index is -0.0644. The van der Waals surface area contributed by atoms with Crippen molar-refractivity contribution in [1.29, 1.82) is 0 Å². The molecule has 128 valence electrons. The van der Waals surface area contributed by atoms with Gasteiger partial charge in [-0.05, 0) is 44.2 Å². The Bertz CT molecular complexity index is 704. The zero-order chi connectivity index (χ0) is 16.9. The second-order valence-electron chi connectivity index (χ2n) is 6.70. The van der Waals surface area contributed by atoms with Crippen molar-refractivity contribution in [3.8, 4) is 0 Å². The number of amides is 1. The van der Waals surface area contributed by atoms with Crippen LogP contribution in [-0.4, -0.2) is 17.4 Å². The summed E-state index contributed by atoms with van der Waals surface area (Å²) in [5, 5.41) is 8.93. The molecule has 2 aromatic rings. The zero-order valence-electron chi connectivity index (χ0n) is 14.4. The lowest BCUT2D eigenvalue weighted by molar-refractivity contribution is 0.0939. The van der Waals surface area contributed by atoms with E-state index in [2.05, 4.69) is 47.7 Å². The van der Waals surface area contributed by atoms with E-state index in [1.165, 1.54) is 54.6 Å². The largest absolute Gasteiger partial charge is 0.350 e. The fourth-order valence-electron chi connectivity index (χ4n) is 3.22. The molecule has 1 amide bonds. The van der Waals surface area contributed by atoms with Crippen LogP contribution in [0, 0.1) is 19.8 Å². The van der Waals surface area contributed by atoms with Gasteiger partial charge in [0.25, 0.3) is 5.91 Å². The molecule has 2 N–H and O–H groups in total. The van der Waals surface area contributed by atoms with Crippen molar-refractivity contribution < 1.29 is 4.79 Å². The van der Waals surface area contributed by atoms with Crippen molar-refractivity contribution in [3.05, 3.63) is 40.4 Å². The number of carbonyl (C=O) groups excluding carboxylic acids is 1. The van der Waals surface area contributed by atoms with Gasteiger partial charge in [-0.2, -0.15) is 0 Å². The Balaban J connectivity index is 1.57. The van der Waals surface area contributed by atoms with E-state index in [4.69, 9.17) is 0 Å². The van der Waals surface area contributed by atoms with Crippen LogP contribution in [0.2, 0.25) is 0 Å². The maximum Gasteiger partial charge on any atom is 0.270 e. The Morgan fingerprint density at radius 1 is 1.25 bits per heavy atom. The molecule has 1 aromatic heterocycles. The highest BCUT2D eigenvalue weighted by molar-refractivity contribution is 7.14. The van der Waals surface area contributed by atoms with Crippen LogP contribution in [0.4, 0.5) is 10.8 Å². The van der Waals surface area contributed by atoms with E-state index in [9.17, 15) is 4.79 Å². The van der Waals surface area contributed by atoms with E-state index < -0.39 is 0 Å². The normalized spacial score (nSPS) is 15.2. The summed E-state index contributed by atoms with van der Waals surface area (Å²) in [5.41, 5.74) is 3.95. The molecule has 0 radical (unpaired) electrons. The lowest BCUT2D eigenvalue weighted by Gasteiger charge is -2.21. The summed E-state index contributed by atoms with van der Waals surface area (Å²) in [6.45, 7) is 4.92. The first-order valence-electron chi connectivity index (χ1n) is 8.70. The Kier molecular flexibility index (Phi) is 5.51. The van der Waals surface area contributed by atoms with Crippen LogP contribution in [0.5, 0.6) is 0 Å². The summed E-state index contributed by atoms with van der Waals surface area (Å²) < 4.78 is 0. The molecular weight excluding hydrogens is 318 g/mol. The molecular formula is C19H25N3OS. The number of anilines is 2. The molecule has 24 heavy (non-hydrogen) atoms. The number of thiazole rings is 1. The van der Waals surface area contributed by atoms with Gasteiger partial charge in [-0.25, -0.2) is 4.98 Å². The quantitative estimate of drug-likeness (QED) is 0.819. The fourth-order valence-corrected chi connectivity index (χ4v) is 3.93. The van der Waals surface area contributed by atoms with E-state index >= 15 is 0 Å². The molecule has 1 aromatic carbocycles. The van der Waals surface area contributed by atoms with Gasteiger partial charge >= 0.3 is 0 Å².